The van der Waals surface area contributed by atoms with Crippen molar-refractivity contribution in [2.45, 2.75) is 25.3 Å². The van der Waals surface area contributed by atoms with Gasteiger partial charge in [-0.2, -0.15) is 0 Å². The van der Waals surface area contributed by atoms with Crippen molar-refractivity contribution in [1.82, 2.24) is 15.1 Å². The molecule has 0 unspecified atom stereocenters. The highest BCUT2D eigenvalue weighted by Gasteiger charge is 2.34. The smallest absolute Gasteiger partial charge is 0.223 e. The maximum Gasteiger partial charge on any atom is 0.223 e. The van der Waals surface area contributed by atoms with Crippen molar-refractivity contribution in [2.24, 2.45) is 11.8 Å². The third-order valence-electron chi connectivity index (χ3n) is 4.03. The SMILES string of the molecule is CN(C)C[C@@H]1CN(C)C[C@H]1NC(=O)C1CCC1. The molecule has 1 saturated carbocycles. The first-order valence-electron chi connectivity index (χ1n) is 6.70. The molecule has 0 spiro atoms. The molecular weight excluding hydrogens is 214 g/mol. The average Bonchev–Trinajstić information content (AvgIpc) is 2.41. The second-order valence-electron chi connectivity index (χ2n) is 5.99. The topological polar surface area (TPSA) is 35.6 Å². The first-order chi connectivity index (χ1) is 8.06. The Bertz CT molecular complexity index is 276. The van der Waals surface area contributed by atoms with Crippen molar-refractivity contribution in [2.75, 3.05) is 40.8 Å². The number of hydrogen-bond acceptors (Lipinski definition) is 3. The van der Waals surface area contributed by atoms with Crippen molar-refractivity contribution in [3.05, 3.63) is 0 Å². The molecule has 1 amide bonds. The minimum absolute atomic E-state index is 0.292. The highest BCUT2D eigenvalue weighted by molar-refractivity contribution is 5.79. The summed E-state index contributed by atoms with van der Waals surface area (Å²) in [5.41, 5.74) is 0. The Kier molecular flexibility index (Phi) is 4.05. The molecule has 2 atom stereocenters. The van der Waals surface area contributed by atoms with E-state index in [1.807, 2.05) is 0 Å². The molecule has 0 aromatic rings. The van der Waals surface area contributed by atoms with Crippen LogP contribution in [0.25, 0.3) is 0 Å². The molecule has 0 aromatic heterocycles. The molecule has 2 rings (SSSR count). The van der Waals surface area contributed by atoms with Crippen LogP contribution in [0.1, 0.15) is 19.3 Å². The predicted molar refractivity (Wildman–Crippen MR) is 68.8 cm³/mol. The molecule has 4 nitrogen and oxygen atoms in total. The summed E-state index contributed by atoms with van der Waals surface area (Å²) in [7, 11) is 6.34. The maximum atomic E-state index is 12.0. The van der Waals surface area contributed by atoms with E-state index in [-0.39, 0.29) is 0 Å². The van der Waals surface area contributed by atoms with E-state index in [4.69, 9.17) is 0 Å². The number of nitrogens with one attached hydrogen (secondary N) is 1. The Labute approximate surface area is 104 Å². The van der Waals surface area contributed by atoms with Crippen LogP contribution in [-0.2, 0) is 4.79 Å². The largest absolute Gasteiger partial charge is 0.351 e. The van der Waals surface area contributed by atoms with Gasteiger partial charge >= 0.3 is 0 Å². The van der Waals surface area contributed by atoms with E-state index in [1.54, 1.807) is 0 Å². The van der Waals surface area contributed by atoms with Gasteiger partial charge in [0.1, 0.15) is 0 Å². The Hall–Kier alpha value is -0.610. The highest BCUT2D eigenvalue weighted by atomic mass is 16.2. The molecule has 4 heteroatoms. The molecule has 0 bridgehead atoms. The van der Waals surface area contributed by atoms with E-state index in [9.17, 15) is 4.79 Å². The van der Waals surface area contributed by atoms with E-state index in [0.717, 1.165) is 32.5 Å². The van der Waals surface area contributed by atoms with E-state index in [0.29, 0.717) is 23.8 Å². The third kappa shape index (κ3) is 3.19. The number of hydrogen-bond donors (Lipinski definition) is 1. The molecular formula is C13H25N3O. The molecule has 1 saturated heterocycles. The molecule has 0 radical (unpaired) electrons. The zero-order chi connectivity index (χ0) is 12.4. The van der Waals surface area contributed by atoms with Crippen molar-refractivity contribution < 1.29 is 4.79 Å². The monoisotopic (exact) mass is 239 g/mol. The summed E-state index contributed by atoms with van der Waals surface area (Å²) in [6.07, 6.45) is 3.41. The second-order valence-corrected chi connectivity index (χ2v) is 5.99. The lowest BCUT2D eigenvalue weighted by Gasteiger charge is -2.28. The first kappa shape index (κ1) is 12.8. The molecule has 98 valence electrons. The van der Waals surface area contributed by atoms with Crippen LogP contribution in [0.3, 0.4) is 0 Å². The standard InChI is InChI=1S/C13H25N3O/c1-15(2)7-11-8-16(3)9-12(11)14-13(17)10-5-4-6-10/h10-12H,4-9H2,1-3H3,(H,14,17)/t11-,12-/m1/s1. The minimum atomic E-state index is 0.292. The van der Waals surface area contributed by atoms with Gasteiger partial charge in [-0.3, -0.25) is 4.79 Å². The van der Waals surface area contributed by atoms with Crippen LogP contribution >= 0.6 is 0 Å². The number of nitrogens with zero attached hydrogens (tertiary/aromatic N) is 2. The van der Waals surface area contributed by atoms with Gasteiger partial charge in [-0.25, -0.2) is 0 Å². The van der Waals surface area contributed by atoms with Crippen molar-refractivity contribution in [1.29, 1.82) is 0 Å². The summed E-state index contributed by atoms with van der Waals surface area (Å²) in [4.78, 5) is 16.5. The predicted octanol–water partition coefficient (Wildman–Crippen LogP) is 0.395. The summed E-state index contributed by atoms with van der Waals surface area (Å²) < 4.78 is 0. The van der Waals surface area contributed by atoms with E-state index in [1.165, 1.54) is 6.42 Å². The van der Waals surface area contributed by atoms with Crippen molar-refractivity contribution >= 4 is 5.91 Å². The maximum absolute atomic E-state index is 12.0. The fraction of sp³-hybridized carbons (Fsp3) is 0.923. The van der Waals surface area contributed by atoms with Gasteiger partial charge in [-0.05, 0) is 34.0 Å². The number of amides is 1. The first-order valence-corrected chi connectivity index (χ1v) is 6.70. The fourth-order valence-corrected chi connectivity index (χ4v) is 2.88. The quantitative estimate of drug-likeness (QED) is 0.771. The lowest BCUT2D eigenvalue weighted by atomic mass is 9.84. The molecule has 1 heterocycles. The average molecular weight is 239 g/mol. The van der Waals surface area contributed by atoms with Crippen LogP contribution < -0.4 is 5.32 Å². The minimum Gasteiger partial charge on any atom is -0.351 e. The normalized spacial score (nSPS) is 30.6. The molecule has 17 heavy (non-hydrogen) atoms. The Morgan fingerprint density at radius 1 is 1.35 bits per heavy atom. The van der Waals surface area contributed by atoms with Crippen LogP contribution in [0.15, 0.2) is 0 Å². The number of rotatable bonds is 4. The molecule has 2 aliphatic rings. The fourth-order valence-electron chi connectivity index (χ4n) is 2.88. The Balaban J connectivity index is 1.86. The van der Waals surface area contributed by atoms with Gasteiger partial charge in [-0.1, -0.05) is 6.42 Å². The van der Waals surface area contributed by atoms with Gasteiger partial charge in [0.25, 0.3) is 0 Å². The summed E-state index contributed by atoms with van der Waals surface area (Å²) in [6, 6.07) is 0.343. The summed E-state index contributed by atoms with van der Waals surface area (Å²) in [5, 5.41) is 3.26. The Morgan fingerprint density at radius 3 is 2.59 bits per heavy atom. The summed E-state index contributed by atoms with van der Waals surface area (Å²) in [6.45, 7) is 3.14. The lowest BCUT2D eigenvalue weighted by molar-refractivity contribution is -0.128. The lowest BCUT2D eigenvalue weighted by Crippen LogP contribution is -2.46. The van der Waals surface area contributed by atoms with Crippen LogP contribution in [0.4, 0.5) is 0 Å². The van der Waals surface area contributed by atoms with Crippen LogP contribution in [-0.4, -0.2) is 62.5 Å². The van der Waals surface area contributed by atoms with Crippen LogP contribution in [0.2, 0.25) is 0 Å². The molecule has 0 aromatic carbocycles. The van der Waals surface area contributed by atoms with Crippen LogP contribution in [0, 0.1) is 11.8 Å². The van der Waals surface area contributed by atoms with Gasteiger partial charge in [0.2, 0.25) is 5.91 Å². The molecule has 1 aliphatic heterocycles. The summed E-state index contributed by atoms with van der Waals surface area (Å²) >= 11 is 0. The zero-order valence-electron chi connectivity index (χ0n) is 11.3. The number of carbonyl (C=O) groups excluding carboxylic acids is 1. The van der Waals surface area contributed by atoms with Gasteiger partial charge in [0.15, 0.2) is 0 Å². The van der Waals surface area contributed by atoms with Gasteiger partial charge in [0, 0.05) is 37.5 Å². The van der Waals surface area contributed by atoms with E-state index >= 15 is 0 Å². The molecule has 1 aliphatic carbocycles. The van der Waals surface area contributed by atoms with Gasteiger partial charge < -0.3 is 15.1 Å². The number of carbonyl (C=O) groups is 1. The van der Waals surface area contributed by atoms with Gasteiger partial charge in [0.05, 0.1) is 0 Å². The number of likely N-dealkylation sites (tertiary alicyclic amines) is 1. The van der Waals surface area contributed by atoms with Crippen molar-refractivity contribution in [3.63, 3.8) is 0 Å². The molecule has 2 fully saturated rings. The third-order valence-corrected chi connectivity index (χ3v) is 4.03. The zero-order valence-corrected chi connectivity index (χ0v) is 11.3. The highest BCUT2D eigenvalue weighted by Crippen LogP contribution is 2.27. The van der Waals surface area contributed by atoms with E-state index in [2.05, 4.69) is 36.3 Å². The van der Waals surface area contributed by atoms with Gasteiger partial charge in [-0.15, -0.1) is 0 Å². The number of likely N-dealkylation sites (N-methyl/N-ethyl adjacent to an activating group) is 1. The van der Waals surface area contributed by atoms with Crippen molar-refractivity contribution in [3.8, 4) is 0 Å². The second kappa shape index (κ2) is 5.36. The van der Waals surface area contributed by atoms with Crippen LogP contribution in [0.5, 0.6) is 0 Å². The summed E-state index contributed by atoms with van der Waals surface area (Å²) in [5.74, 6) is 1.17. The van der Waals surface area contributed by atoms with E-state index < -0.39 is 0 Å². The Morgan fingerprint density at radius 2 is 2.06 bits per heavy atom. The molecule has 1 N–H and O–H groups in total.